The molecule has 1 aromatic heterocycles. The molecule has 160 valence electrons. The van der Waals surface area contributed by atoms with E-state index in [2.05, 4.69) is 20.9 Å². The van der Waals surface area contributed by atoms with Gasteiger partial charge in [0.15, 0.2) is 5.13 Å². The average molecular weight is 437 g/mol. The van der Waals surface area contributed by atoms with Crippen LogP contribution in [0.15, 0.2) is 53.9 Å². The second kappa shape index (κ2) is 8.56. The van der Waals surface area contributed by atoms with E-state index < -0.39 is 0 Å². The van der Waals surface area contributed by atoms with Crippen LogP contribution < -0.4 is 20.3 Å². The van der Waals surface area contributed by atoms with Crippen LogP contribution in [-0.4, -0.2) is 43.4 Å². The van der Waals surface area contributed by atoms with Crippen molar-refractivity contribution in [2.75, 3.05) is 36.5 Å². The molecule has 2 unspecified atom stereocenters. The highest BCUT2D eigenvalue weighted by atomic mass is 32.1. The lowest BCUT2D eigenvalue weighted by Crippen LogP contribution is -2.36. The average Bonchev–Trinajstić information content (AvgIpc) is 3.40. The molecular weight excluding hydrogens is 412 g/mol. The molecule has 2 aliphatic heterocycles. The van der Waals surface area contributed by atoms with E-state index in [0.717, 1.165) is 59.7 Å². The van der Waals surface area contributed by atoms with Gasteiger partial charge in [0.25, 0.3) is 0 Å². The van der Waals surface area contributed by atoms with Crippen molar-refractivity contribution in [2.24, 2.45) is 0 Å². The summed E-state index contributed by atoms with van der Waals surface area (Å²) in [6, 6.07) is 15.1. The van der Waals surface area contributed by atoms with Gasteiger partial charge in [-0.3, -0.25) is 0 Å². The molecule has 2 N–H and O–H groups in total. The highest BCUT2D eigenvalue weighted by Crippen LogP contribution is 2.36. The number of para-hydroxylation sites is 1. The predicted octanol–water partition coefficient (Wildman–Crippen LogP) is 4.29. The van der Waals surface area contributed by atoms with Crippen LogP contribution in [0.5, 0.6) is 5.75 Å². The van der Waals surface area contributed by atoms with E-state index in [9.17, 15) is 4.79 Å². The van der Waals surface area contributed by atoms with Crippen molar-refractivity contribution >= 4 is 28.2 Å². The van der Waals surface area contributed by atoms with Crippen LogP contribution in [0.2, 0.25) is 0 Å². The third-order valence-electron chi connectivity index (χ3n) is 5.54. The molecule has 2 aromatic carbocycles. The number of benzene rings is 2. The number of hydrogen-bond acceptors (Lipinski definition) is 6. The van der Waals surface area contributed by atoms with Gasteiger partial charge in [-0.2, -0.15) is 0 Å². The number of morpholine rings is 1. The Hall–Kier alpha value is -3.10. The third kappa shape index (κ3) is 4.22. The highest BCUT2D eigenvalue weighted by Gasteiger charge is 2.32. The summed E-state index contributed by atoms with van der Waals surface area (Å²) in [5, 5.41) is 9.02. The molecule has 0 spiro atoms. The fourth-order valence-corrected chi connectivity index (χ4v) is 4.78. The Balaban J connectivity index is 1.22. The summed E-state index contributed by atoms with van der Waals surface area (Å²) in [5.41, 5.74) is 3.69. The van der Waals surface area contributed by atoms with Crippen LogP contribution in [0.4, 0.5) is 15.6 Å². The number of nitrogens with zero attached hydrogens (tertiary/aromatic N) is 2. The molecule has 5 rings (SSSR count). The van der Waals surface area contributed by atoms with Gasteiger partial charge < -0.3 is 25.0 Å². The maximum atomic E-state index is 12.6. The van der Waals surface area contributed by atoms with Gasteiger partial charge in [0.1, 0.15) is 11.9 Å². The number of rotatable bonds is 4. The Morgan fingerprint density at radius 3 is 2.71 bits per heavy atom. The predicted molar refractivity (Wildman–Crippen MR) is 122 cm³/mol. The van der Waals surface area contributed by atoms with E-state index in [4.69, 9.17) is 14.5 Å². The first kappa shape index (κ1) is 19.8. The van der Waals surface area contributed by atoms with Gasteiger partial charge in [-0.25, -0.2) is 9.78 Å². The van der Waals surface area contributed by atoms with Crippen molar-refractivity contribution in [1.29, 1.82) is 0 Å². The summed E-state index contributed by atoms with van der Waals surface area (Å²) in [6.07, 6.45) is -0.115. The van der Waals surface area contributed by atoms with Gasteiger partial charge in [0, 0.05) is 35.3 Å². The van der Waals surface area contributed by atoms with Gasteiger partial charge in [-0.15, -0.1) is 11.3 Å². The van der Waals surface area contributed by atoms with E-state index in [1.807, 2.05) is 55.5 Å². The number of nitrogens with one attached hydrogen (secondary N) is 2. The molecule has 8 heteroatoms. The Morgan fingerprint density at radius 2 is 1.90 bits per heavy atom. The summed E-state index contributed by atoms with van der Waals surface area (Å²) in [5.74, 6) is 0.823. The van der Waals surface area contributed by atoms with E-state index in [-0.39, 0.29) is 18.2 Å². The third-order valence-corrected chi connectivity index (χ3v) is 6.44. The second-order valence-corrected chi connectivity index (χ2v) is 8.47. The minimum Gasteiger partial charge on any atom is -0.488 e. The zero-order valence-electron chi connectivity index (χ0n) is 17.2. The number of urea groups is 1. The Morgan fingerprint density at radius 1 is 1.13 bits per heavy atom. The lowest BCUT2D eigenvalue weighted by molar-refractivity contribution is 0.122. The zero-order chi connectivity index (χ0) is 21.2. The number of carbonyl (C=O) groups is 1. The number of amides is 2. The van der Waals surface area contributed by atoms with Gasteiger partial charge in [-0.1, -0.05) is 30.3 Å². The van der Waals surface area contributed by atoms with Crippen molar-refractivity contribution in [3.05, 3.63) is 59.5 Å². The summed E-state index contributed by atoms with van der Waals surface area (Å²) >= 11 is 1.65. The van der Waals surface area contributed by atoms with Crippen molar-refractivity contribution < 1.29 is 14.3 Å². The SMILES string of the molecule is CC1Oc2ccccc2C1NC(=O)Nc1ccc(-c2csc(N3CCOCC3)n2)cc1. The van der Waals surface area contributed by atoms with Crippen LogP contribution >= 0.6 is 11.3 Å². The fraction of sp³-hybridized carbons (Fsp3) is 0.304. The van der Waals surface area contributed by atoms with Crippen LogP contribution in [0, 0.1) is 0 Å². The van der Waals surface area contributed by atoms with Gasteiger partial charge in [-0.05, 0) is 25.1 Å². The number of hydrogen-bond donors (Lipinski definition) is 2. The van der Waals surface area contributed by atoms with Crippen molar-refractivity contribution in [3.8, 4) is 17.0 Å². The topological polar surface area (TPSA) is 75.7 Å². The largest absolute Gasteiger partial charge is 0.488 e. The van der Waals surface area contributed by atoms with Crippen molar-refractivity contribution in [2.45, 2.75) is 19.1 Å². The molecular formula is C23H24N4O3S. The molecule has 3 aromatic rings. The minimum absolute atomic E-state index is 0.115. The van der Waals surface area contributed by atoms with Crippen molar-refractivity contribution in [3.63, 3.8) is 0 Å². The van der Waals surface area contributed by atoms with Gasteiger partial charge in [0.05, 0.1) is 24.9 Å². The number of fused-ring (bicyclic) bond motifs is 1. The van der Waals surface area contributed by atoms with Crippen LogP contribution in [-0.2, 0) is 4.74 Å². The molecule has 1 saturated heterocycles. The summed E-state index contributed by atoms with van der Waals surface area (Å²) in [6.45, 7) is 5.20. The summed E-state index contributed by atoms with van der Waals surface area (Å²) in [7, 11) is 0. The summed E-state index contributed by atoms with van der Waals surface area (Å²) < 4.78 is 11.2. The lowest BCUT2D eigenvalue weighted by atomic mass is 10.1. The first-order chi connectivity index (χ1) is 15.2. The lowest BCUT2D eigenvalue weighted by Gasteiger charge is -2.26. The van der Waals surface area contributed by atoms with Crippen LogP contribution in [0.3, 0.4) is 0 Å². The molecule has 31 heavy (non-hydrogen) atoms. The number of ether oxygens (including phenoxy) is 2. The number of aromatic nitrogens is 1. The van der Waals surface area contributed by atoms with E-state index in [1.54, 1.807) is 11.3 Å². The first-order valence-electron chi connectivity index (χ1n) is 10.4. The normalized spacial score (nSPS) is 20.1. The van der Waals surface area contributed by atoms with Gasteiger partial charge in [0.2, 0.25) is 0 Å². The molecule has 0 aliphatic carbocycles. The Bertz CT molecular complexity index is 1060. The monoisotopic (exact) mass is 436 g/mol. The summed E-state index contributed by atoms with van der Waals surface area (Å²) in [4.78, 5) is 19.6. The molecule has 0 saturated carbocycles. The quantitative estimate of drug-likeness (QED) is 0.638. The molecule has 0 radical (unpaired) electrons. The maximum absolute atomic E-state index is 12.6. The molecule has 0 bridgehead atoms. The van der Waals surface area contributed by atoms with E-state index in [1.165, 1.54) is 0 Å². The molecule has 1 fully saturated rings. The van der Waals surface area contributed by atoms with E-state index >= 15 is 0 Å². The molecule has 2 amide bonds. The molecule has 2 atom stereocenters. The molecule has 2 aliphatic rings. The van der Waals surface area contributed by atoms with Gasteiger partial charge >= 0.3 is 6.03 Å². The van der Waals surface area contributed by atoms with Crippen LogP contribution in [0.25, 0.3) is 11.3 Å². The highest BCUT2D eigenvalue weighted by molar-refractivity contribution is 7.14. The Labute approximate surface area is 185 Å². The zero-order valence-corrected chi connectivity index (χ0v) is 18.0. The Kier molecular flexibility index (Phi) is 5.48. The fourth-order valence-electron chi connectivity index (χ4n) is 3.89. The minimum atomic E-state index is -0.256. The second-order valence-electron chi connectivity index (χ2n) is 7.63. The molecule has 7 nitrogen and oxygen atoms in total. The van der Waals surface area contributed by atoms with Crippen molar-refractivity contribution in [1.82, 2.24) is 10.3 Å². The number of thiazole rings is 1. The maximum Gasteiger partial charge on any atom is 0.319 e. The number of anilines is 2. The first-order valence-corrected chi connectivity index (χ1v) is 11.3. The number of carbonyl (C=O) groups excluding carboxylic acids is 1. The van der Waals surface area contributed by atoms with Crippen LogP contribution in [0.1, 0.15) is 18.5 Å². The smallest absolute Gasteiger partial charge is 0.319 e. The molecule has 3 heterocycles. The standard InChI is InChI=1S/C23H24N4O3S/c1-15-21(18-4-2-3-5-20(18)30-15)26-22(28)24-17-8-6-16(7-9-17)19-14-31-23(25-19)27-10-12-29-13-11-27/h2-9,14-15,21H,10-13H2,1H3,(H2,24,26,28). The van der Waals surface area contributed by atoms with E-state index in [0.29, 0.717) is 0 Å².